The normalized spacial score (nSPS) is 12.3. The summed E-state index contributed by atoms with van der Waals surface area (Å²) < 4.78 is 27.9. The van der Waals surface area contributed by atoms with Crippen LogP contribution in [-0.4, -0.2) is 11.5 Å². The highest BCUT2D eigenvalue weighted by atomic mass is 19.1. The standard InChI is InChI=1S/C16H18F2N2/c1-2-8-20-15(10-12-5-4-9-19-11-12)16-13(17)6-3-7-14(16)18/h3-7,9,11,15,20H,2,8,10H2,1H3. The largest absolute Gasteiger partial charge is 0.309 e. The third-order valence-corrected chi connectivity index (χ3v) is 3.15. The van der Waals surface area contributed by atoms with Crippen LogP contribution in [-0.2, 0) is 6.42 Å². The van der Waals surface area contributed by atoms with Gasteiger partial charge in [-0.1, -0.05) is 19.1 Å². The highest BCUT2D eigenvalue weighted by Crippen LogP contribution is 2.24. The number of halogens is 2. The zero-order valence-electron chi connectivity index (χ0n) is 11.4. The monoisotopic (exact) mass is 276 g/mol. The van der Waals surface area contributed by atoms with Gasteiger partial charge in [-0.2, -0.15) is 0 Å². The lowest BCUT2D eigenvalue weighted by molar-refractivity contribution is 0.464. The molecule has 1 aromatic carbocycles. The molecule has 2 rings (SSSR count). The van der Waals surface area contributed by atoms with Crippen LogP contribution in [0.15, 0.2) is 42.7 Å². The van der Waals surface area contributed by atoms with Crippen LogP contribution in [0.3, 0.4) is 0 Å². The zero-order valence-corrected chi connectivity index (χ0v) is 11.4. The molecular weight excluding hydrogens is 258 g/mol. The number of rotatable bonds is 6. The summed E-state index contributed by atoms with van der Waals surface area (Å²) in [6.45, 7) is 2.73. The summed E-state index contributed by atoms with van der Waals surface area (Å²) >= 11 is 0. The second kappa shape index (κ2) is 7.10. The van der Waals surface area contributed by atoms with E-state index in [9.17, 15) is 8.78 Å². The Morgan fingerprint density at radius 2 is 1.90 bits per heavy atom. The van der Waals surface area contributed by atoms with E-state index in [2.05, 4.69) is 10.3 Å². The van der Waals surface area contributed by atoms with Crippen molar-refractivity contribution >= 4 is 0 Å². The Bertz CT molecular complexity index is 523. The van der Waals surface area contributed by atoms with Crippen LogP contribution in [0.2, 0.25) is 0 Å². The van der Waals surface area contributed by atoms with Gasteiger partial charge < -0.3 is 5.32 Å². The quantitative estimate of drug-likeness (QED) is 0.871. The van der Waals surface area contributed by atoms with Gasteiger partial charge in [-0.15, -0.1) is 0 Å². The molecular formula is C16H18F2N2. The van der Waals surface area contributed by atoms with E-state index in [0.717, 1.165) is 12.0 Å². The molecule has 106 valence electrons. The molecule has 1 aromatic heterocycles. The van der Waals surface area contributed by atoms with Crippen molar-refractivity contribution in [2.75, 3.05) is 6.54 Å². The number of pyridine rings is 1. The first-order chi connectivity index (χ1) is 9.72. The Hall–Kier alpha value is -1.81. The van der Waals surface area contributed by atoms with Gasteiger partial charge in [-0.05, 0) is 43.1 Å². The van der Waals surface area contributed by atoms with E-state index in [1.807, 2.05) is 19.1 Å². The van der Waals surface area contributed by atoms with Crippen LogP contribution in [0.4, 0.5) is 8.78 Å². The molecule has 0 fully saturated rings. The third kappa shape index (κ3) is 3.61. The van der Waals surface area contributed by atoms with Gasteiger partial charge in [0.15, 0.2) is 0 Å². The topological polar surface area (TPSA) is 24.9 Å². The van der Waals surface area contributed by atoms with E-state index < -0.39 is 11.6 Å². The van der Waals surface area contributed by atoms with Crippen molar-refractivity contribution in [3.8, 4) is 0 Å². The molecule has 0 amide bonds. The Morgan fingerprint density at radius 3 is 2.50 bits per heavy atom. The van der Waals surface area contributed by atoms with Gasteiger partial charge in [0.1, 0.15) is 11.6 Å². The average Bonchev–Trinajstić information content (AvgIpc) is 2.45. The SMILES string of the molecule is CCCNC(Cc1cccnc1)c1c(F)cccc1F. The fourth-order valence-corrected chi connectivity index (χ4v) is 2.19. The van der Waals surface area contributed by atoms with Crippen LogP contribution >= 0.6 is 0 Å². The summed E-state index contributed by atoms with van der Waals surface area (Å²) in [5, 5.41) is 3.21. The fraction of sp³-hybridized carbons (Fsp3) is 0.312. The highest BCUT2D eigenvalue weighted by molar-refractivity contribution is 5.25. The molecule has 0 radical (unpaired) electrons. The first-order valence-electron chi connectivity index (χ1n) is 6.78. The van der Waals surface area contributed by atoms with Crippen molar-refractivity contribution in [3.05, 3.63) is 65.5 Å². The molecule has 2 aromatic rings. The minimum absolute atomic E-state index is 0.102. The zero-order chi connectivity index (χ0) is 14.4. The van der Waals surface area contributed by atoms with E-state index >= 15 is 0 Å². The molecule has 0 aliphatic carbocycles. The summed E-state index contributed by atoms with van der Waals surface area (Å²) in [4.78, 5) is 4.04. The maximum atomic E-state index is 13.9. The van der Waals surface area contributed by atoms with Gasteiger partial charge >= 0.3 is 0 Å². The molecule has 1 unspecified atom stereocenters. The number of hydrogen-bond donors (Lipinski definition) is 1. The third-order valence-electron chi connectivity index (χ3n) is 3.15. The summed E-state index contributed by atoms with van der Waals surface area (Å²) in [6.07, 6.45) is 4.81. The van der Waals surface area contributed by atoms with Crippen LogP contribution in [0.1, 0.15) is 30.5 Å². The minimum atomic E-state index is -0.512. The van der Waals surface area contributed by atoms with E-state index in [-0.39, 0.29) is 11.6 Å². The summed E-state index contributed by atoms with van der Waals surface area (Å²) in [5.41, 5.74) is 1.05. The van der Waals surface area contributed by atoms with Crippen molar-refractivity contribution in [3.63, 3.8) is 0 Å². The fourth-order valence-electron chi connectivity index (χ4n) is 2.19. The lowest BCUT2D eigenvalue weighted by atomic mass is 9.98. The second-order valence-electron chi connectivity index (χ2n) is 4.71. The average molecular weight is 276 g/mol. The molecule has 1 heterocycles. The van der Waals surface area contributed by atoms with Gasteiger partial charge in [0.2, 0.25) is 0 Å². The molecule has 20 heavy (non-hydrogen) atoms. The number of hydrogen-bond acceptors (Lipinski definition) is 2. The molecule has 0 saturated heterocycles. The molecule has 1 N–H and O–H groups in total. The van der Waals surface area contributed by atoms with Gasteiger partial charge in [-0.25, -0.2) is 8.78 Å². The molecule has 2 nitrogen and oxygen atoms in total. The Morgan fingerprint density at radius 1 is 1.15 bits per heavy atom. The van der Waals surface area contributed by atoms with E-state index in [4.69, 9.17) is 0 Å². The van der Waals surface area contributed by atoms with Crippen molar-refractivity contribution in [1.82, 2.24) is 10.3 Å². The molecule has 4 heteroatoms. The molecule has 0 aliphatic heterocycles. The number of nitrogens with one attached hydrogen (secondary N) is 1. The lowest BCUT2D eigenvalue weighted by Gasteiger charge is -2.20. The summed E-state index contributed by atoms with van der Waals surface area (Å²) in [5.74, 6) is -1.02. The van der Waals surface area contributed by atoms with Crippen LogP contribution in [0, 0.1) is 11.6 Å². The molecule has 0 saturated carbocycles. The van der Waals surface area contributed by atoms with Crippen LogP contribution < -0.4 is 5.32 Å². The number of benzene rings is 1. The van der Waals surface area contributed by atoms with Crippen molar-refractivity contribution in [1.29, 1.82) is 0 Å². The first kappa shape index (κ1) is 14.6. The predicted molar refractivity (Wildman–Crippen MR) is 75.3 cm³/mol. The number of nitrogens with zero attached hydrogens (tertiary/aromatic N) is 1. The molecule has 1 atom stereocenters. The summed E-state index contributed by atoms with van der Waals surface area (Å²) in [7, 11) is 0. The molecule has 0 aliphatic rings. The van der Waals surface area contributed by atoms with Gasteiger partial charge in [0.05, 0.1) is 0 Å². The van der Waals surface area contributed by atoms with Crippen molar-refractivity contribution in [2.45, 2.75) is 25.8 Å². The van der Waals surface area contributed by atoms with Crippen LogP contribution in [0.25, 0.3) is 0 Å². The smallest absolute Gasteiger partial charge is 0.130 e. The van der Waals surface area contributed by atoms with Crippen LogP contribution in [0.5, 0.6) is 0 Å². The van der Waals surface area contributed by atoms with E-state index in [1.165, 1.54) is 18.2 Å². The Balaban J connectivity index is 2.27. The maximum absolute atomic E-state index is 13.9. The van der Waals surface area contributed by atoms with Crippen molar-refractivity contribution < 1.29 is 8.78 Å². The van der Waals surface area contributed by atoms with E-state index in [1.54, 1.807) is 12.4 Å². The Kier molecular flexibility index (Phi) is 5.18. The van der Waals surface area contributed by atoms with E-state index in [0.29, 0.717) is 13.0 Å². The van der Waals surface area contributed by atoms with Gasteiger partial charge in [0.25, 0.3) is 0 Å². The summed E-state index contributed by atoms with van der Waals surface area (Å²) in [6, 6.07) is 7.32. The first-order valence-corrected chi connectivity index (χ1v) is 6.78. The highest BCUT2D eigenvalue weighted by Gasteiger charge is 2.19. The second-order valence-corrected chi connectivity index (χ2v) is 4.71. The Labute approximate surface area is 117 Å². The molecule has 0 bridgehead atoms. The number of aromatic nitrogens is 1. The van der Waals surface area contributed by atoms with Crippen molar-refractivity contribution in [2.24, 2.45) is 0 Å². The lowest BCUT2D eigenvalue weighted by Crippen LogP contribution is -2.26. The predicted octanol–water partition coefficient (Wildman–Crippen LogP) is 3.64. The van der Waals surface area contributed by atoms with Gasteiger partial charge in [0, 0.05) is 24.0 Å². The minimum Gasteiger partial charge on any atom is -0.309 e. The maximum Gasteiger partial charge on any atom is 0.130 e. The van der Waals surface area contributed by atoms with Gasteiger partial charge in [-0.3, -0.25) is 4.98 Å². The molecule has 0 spiro atoms.